The normalized spacial score (nSPS) is 10.3. The highest BCUT2D eigenvalue weighted by Gasteiger charge is 2.04. The standard InChI is InChI=1S/C7H3Cl2N3S/c8-5-2-1-4(3-10-5)6-11-12-7(9)13-6/h1-3H. The highest BCUT2D eigenvalue weighted by molar-refractivity contribution is 7.18. The Morgan fingerprint density at radius 1 is 1.15 bits per heavy atom. The lowest BCUT2D eigenvalue weighted by molar-refractivity contribution is 1.09. The van der Waals surface area contributed by atoms with Crippen LogP contribution < -0.4 is 0 Å². The zero-order chi connectivity index (χ0) is 9.26. The zero-order valence-electron chi connectivity index (χ0n) is 6.24. The third-order valence-electron chi connectivity index (χ3n) is 1.37. The topological polar surface area (TPSA) is 38.7 Å². The molecule has 0 N–H and O–H groups in total. The van der Waals surface area contributed by atoms with Crippen LogP contribution in [0.4, 0.5) is 0 Å². The minimum atomic E-state index is 0.421. The van der Waals surface area contributed by atoms with Crippen molar-refractivity contribution in [1.82, 2.24) is 15.2 Å². The Labute approximate surface area is 88.4 Å². The monoisotopic (exact) mass is 231 g/mol. The quantitative estimate of drug-likeness (QED) is 0.709. The van der Waals surface area contributed by atoms with Crippen molar-refractivity contribution in [1.29, 1.82) is 0 Å². The number of aromatic nitrogens is 3. The van der Waals surface area contributed by atoms with Crippen LogP contribution in [0.25, 0.3) is 10.6 Å². The largest absolute Gasteiger partial charge is 0.244 e. The second-order valence-electron chi connectivity index (χ2n) is 2.23. The molecule has 0 aliphatic heterocycles. The minimum absolute atomic E-state index is 0.421. The molecule has 0 aliphatic rings. The predicted molar refractivity (Wildman–Crippen MR) is 53.2 cm³/mol. The SMILES string of the molecule is Clc1ccc(-c2nnc(Cl)s2)cn1. The van der Waals surface area contributed by atoms with E-state index in [4.69, 9.17) is 23.2 Å². The number of rotatable bonds is 1. The zero-order valence-corrected chi connectivity index (χ0v) is 8.57. The first-order valence-corrected chi connectivity index (χ1v) is 4.94. The molecule has 0 spiro atoms. The molecular weight excluding hydrogens is 229 g/mol. The maximum absolute atomic E-state index is 5.64. The van der Waals surface area contributed by atoms with Crippen LogP contribution in [-0.2, 0) is 0 Å². The predicted octanol–water partition coefficient (Wildman–Crippen LogP) is 2.91. The van der Waals surface area contributed by atoms with Crippen molar-refractivity contribution in [2.24, 2.45) is 0 Å². The van der Waals surface area contributed by atoms with Crippen LogP contribution in [0.3, 0.4) is 0 Å². The summed E-state index contributed by atoms with van der Waals surface area (Å²) in [5, 5.41) is 8.76. The first-order valence-electron chi connectivity index (χ1n) is 3.36. The van der Waals surface area contributed by atoms with Gasteiger partial charge >= 0.3 is 0 Å². The highest BCUT2D eigenvalue weighted by atomic mass is 35.5. The summed E-state index contributed by atoms with van der Waals surface area (Å²) in [7, 11) is 0. The smallest absolute Gasteiger partial charge is 0.207 e. The van der Waals surface area contributed by atoms with Crippen molar-refractivity contribution in [3.05, 3.63) is 27.9 Å². The van der Waals surface area contributed by atoms with Gasteiger partial charge in [0, 0.05) is 11.8 Å². The van der Waals surface area contributed by atoms with Gasteiger partial charge in [0.15, 0.2) is 0 Å². The van der Waals surface area contributed by atoms with Crippen molar-refractivity contribution in [3.8, 4) is 10.6 Å². The Morgan fingerprint density at radius 2 is 2.00 bits per heavy atom. The van der Waals surface area contributed by atoms with E-state index in [2.05, 4.69) is 15.2 Å². The van der Waals surface area contributed by atoms with Crippen LogP contribution in [0.15, 0.2) is 18.3 Å². The molecule has 13 heavy (non-hydrogen) atoms. The van der Waals surface area contributed by atoms with Crippen molar-refractivity contribution in [2.75, 3.05) is 0 Å². The first-order chi connectivity index (χ1) is 6.25. The molecular formula is C7H3Cl2N3S. The lowest BCUT2D eigenvalue weighted by atomic mass is 10.3. The molecule has 6 heteroatoms. The van der Waals surface area contributed by atoms with E-state index in [1.54, 1.807) is 12.3 Å². The maximum atomic E-state index is 5.64. The number of nitrogens with zero attached hydrogens (tertiary/aromatic N) is 3. The Morgan fingerprint density at radius 3 is 2.54 bits per heavy atom. The van der Waals surface area contributed by atoms with Gasteiger partial charge in [0.2, 0.25) is 4.47 Å². The molecule has 2 rings (SSSR count). The van der Waals surface area contributed by atoms with Gasteiger partial charge in [-0.2, -0.15) is 0 Å². The molecule has 3 nitrogen and oxygen atoms in total. The van der Waals surface area contributed by atoms with Crippen LogP contribution in [0.2, 0.25) is 9.62 Å². The summed E-state index contributed by atoms with van der Waals surface area (Å²) in [5.41, 5.74) is 0.869. The third kappa shape index (κ3) is 1.96. The van der Waals surface area contributed by atoms with Gasteiger partial charge in [0.05, 0.1) is 0 Å². The lowest BCUT2D eigenvalue weighted by Gasteiger charge is -1.92. The summed E-state index contributed by atoms with van der Waals surface area (Å²) in [6.45, 7) is 0. The number of pyridine rings is 1. The Bertz CT molecular complexity index is 412. The van der Waals surface area contributed by atoms with Gasteiger partial charge in [-0.05, 0) is 23.7 Å². The van der Waals surface area contributed by atoms with Crippen LogP contribution in [-0.4, -0.2) is 15.2 Å². The summed E-state index contributed by atoms with van der Waals surface area (Å²) in [4.78, 5) is 3.93. The molecule has 2 aromatic heterocycles. The van der Waals surface area contributed by atoms with Crippen molar-refractivity contribution >= 4 is 34.5 Å². The summed E-state index contributed by atoms with van der Waals surface area (Å²) in [5.74, 6) is 0. The second-order valence-corrected chi connectivity index (χ2v) is 4.18. The molecule has 0 atom stereocenters. The molecule has 66 valence electrons. The van der Waals surface area contributed by atoms with Crippen LogP contribution in [0.1, 0.15) is 0 Å². The average molecular weight is 232 g/mol. The van der Waals surface area contributed by atoms with E-state index in [1.165, 1.54) is 11.3 Å². The number of hydrogen-bond donors (Lipinski definition) is 0. The van der Waals surface area contributed by atoms with E-state index in [0.29, 0.717) is 9.62 Å². The average Bonchev–Trinajstić information content (AvgIpc) is 2.53. The van der Waals surface area contributed by atoms with Gasteiger partial charge in [-0.3, -0.25) is 0 Å². The van der Waals surface area contributed by atoms with Gasteiger partial charge in [0.25, 0.3) is 0 Å². The van der Waals surface area contributed by atoms with Crippen molar-refractivity contribution in [3.63, 3.8) is 0 Å². The van der Waals surface area contributed by atoms with E-state index in [0.717, 1.165) is 10.6 Å². The van der Waals surface area contributed by atoms with Crippen LogP contribution in [0.5, 0.6) is 0 Å². The molecule has 0 saturated heterocycles. The van der Waals surface area contributed by atoms with E-state index in [9.17, 15) is 0 Å². The second kappa shape index (κ2) is 3.57. The summed E-state index contributed by atoms with van der Waals surface area (Å²) >= 11 is 12.6. The van der Waals surface area contributed by atoms with E-state index < -0.39 is 0 Å². The van der Waals surface area contributed by atoms with E-state index >= 15 is 0 Å². The Kier molecular flexibility index (Phi) is 2.44. The minimum Gasteiger partial charge on any atom is -0.244 e. The summed E-state index contributed by atoms with van der Waals surface area (Å²) in [6.07, 6.45) is 1.64. The molecule has 0 bridgehead atoms. The Hall–Kier alpha value is -0.710. The van der Waals surface area contributed by atoms with Crippen molar-refractivity contribution < 1.29 is 0 Å². The van der Waals surface area contributed by atoms with Gasteiger partial charge < -0.3 is 0 Å². The van der Waals surface area contributed by atoms with Crippen molar-refractivity contribution in [2.45, 2.75) is 0 Å². The molecule has 0 amide bonds. The van der Waals surface area contributed by atoms with Gasteiger partial charge in [-0.15, -0.1) is 10.2 Å². The molecule has 0 radical (unpaired) electrons. The molecule has 0 aliphatic carbocycles. The first kappa shape index (κ1) is 8.87. The van der Waals surface area contributed by atoms with Crippen LogP contribution in [0, 0.1) is 0 Å². The third-order valence-corrected chi connectivity index (χ3v) is 2.67. The molecule has 0 saturated carbocycles. The van der Waals surface area contributed by atoms with Gasteiger partial charge in [-0.25, -0.2) is 4.98 Å². The fourth-order valence-corrected chi connectivity index (χ4v) is 1.75. The fraction of sp³-hybridized carbons (Fsp3) is 0. The molecule has 0 unspecified atom stereocenters. The number of halogens is 2. The highest BCUT2D eigenvalue weighted by Crippen LogP contribution is 2.25. The van der Waals surface area contributed by atoms with E-state index in [-0.39, 0.29) is 0 Å². The summed E-state index contributed by atoms with van der Waals surface area (Å²) < 4.78 is 0.421. The molecule has 2 aromatic rings. The van der Waals surface area contributed by atoms with Crippen LogP contribution >= 0.6 is 34.5 Å². The molecule has 0 aromatic carbocycles. The van der Waals surface area contributed by atoms with Gasteiger partial charge in [0.1, 0.15) is 10.2 Å². The van der Waals surface area contributed by atoms with E-state index in [1.807, 2.05) is 6.07 Å². The summed E-state index contributed by atoms with van der Waals surface area (Å²) in [6, 6.07) is 3.53. The fourth-order valence-electron chi connectivity index (χ4n) is 0.824. The maximum Gasteiger partial charge on any atom is 0.207 e. The molecule has 0 fully saturated rings. The lowest BCUT2D eigenvalue weighted by Crippen LogP contribution is -1.79. The van der Waals surface area contributed by atoms with Gasteiger partial charge in [-0.1, -0.05) is 22.9 Å². The Balaban J connectivity index is 2.41. The molecule has 2 heterocycles. The number of hydrogen-bond acceptors (Lipinski definition) is 4.